The van der Waals surface area contributed by atoms with Crippen LogP contribution in [0.25, 0.3) is 0 Å². The van der Waals surface area contributed by atoms with Gasteiger partial charge in [-0.05, 0) is 37.5 Å². The monoisotopic (exact) mass is 306 g/mol. The van der Waals surface area contributed by atoms with Crippen molar-refractivity contribution < 1.29 is 14.4 Å². The molecule has 0 aromatic carbocycles. The number of aliphatic hydroxyl groups excluding tert-OH is 1. The number of nitrogens with zero attached hydrogens (tertiary/aromatic N) is 2. The molecule has 3 fully saturated rings. The minimum atomic E-state index is 0.109. The average molecular weight is 306 g/mol. The predicted molar refractivity (Wildman–Crippen MR) is 81.6 cm³/mol. The largest absolute Gasteiger partial charge is 0.396 e. The van der Waals surface area contributed by atoms with Crippen LogP contribution in [0.3, 0.4) is 0 Å². The number of ether oxygens (including phenoxy) is 1. The van der Waals surface area contributed by atoms with E-state index in [1.165, 1.54) is 38.8 Å². The Kier molecular flexibility index (Phi) is 3.96. The van der Waals surface area contributed by atoms with E-state index in [0.717, 1.165) is 42.9 Å². The zero-order valence-electron chi connectivity index (χ0n) is 13.2. The Morgan fingerprint density at radius 3 is 2.36 bits per heavy atom. The third-order valence-corrected chi connectivity index (χ3v) is 5.24. The topological polar surface area (TPSA) is 58.7 Å². The molecule has 1 saturated heterocycles. The van der Waals surface area contributed by atoms with E-state index in [1.54, 1.807) is 0 Å². The molecule has 1 aromatic heterocycles. The normalized spacial score (nSPS) is 23.7. The molecule has 3 aliphatic rings. The van der Waals surface area contributed by atoms with Crippen LogP contribution in [0.5, 0.6) is 0 Å². The summed E-state index contributed by atoms with van der Waals surface area (Å²) < 4.78 is 10.9. The zero-order valence-corrected chi connectivity index (χ0v) is 13.2. The van der Waals surface area contributed by atoms with Crippen LogP contribution in [0.15, 0.2) is 10.6 Å². The van der Waals surface area contributed by atoms with Crippen molar-refractivity contribution in [1.29, 1.82) is 0 Å². The van der Waals surface area contributed by atoms with Gasteiger partial charge in [0.05, 0.1) is 31.1 Å². The minimum Gasteiger partial charge on any atom is -0.396 e. The standard InChI is InChI=1S/C17H26N2O3/c20-6-5-16-7-15(18-22-16)8-17(11-21-12-17)19(9-13-1-2-13)10-14-3-4-14/h7,13-14,20H,1-6,8-12H2. The van der Waals surface area contributed by atoms with Crippen LogP contribution >= 0.6 is 0 Å². The molecular formula is C17H26N2O3. The van der Waals surface area contributed by atoms with Gasteiger partial charge in [0, 0.05) is 32.0 Å². The maximum Gasteiger partial charge on any atom is 0.139 e. The quantitative estimate of drug-likeness (QED) is 0.751. The highest BCUT2D eigenvalue weighted by Gasteiger charge is 2.47. The smallest absolute Gasteiger partial charge is 0.139 e. The zero-order chi connectivity index (χ0) is 15.0. The van der Waals surface area contributed by atoms with Gasteiger partial charge in [-0.25, -0.2) is 0 Å². The molecule has 1 aromatic rings. The van der Waals surface area contributed by atoms with E-state index >= 15 is 0 Å². The van der Waals surface area contributed by atoms with Crippen molar-refractivity contribution in [3.63, 3.8) is 0 Å². The Morgan fingerprint density at radius 2 is 1.86 bits per heavy atom. The van der Waals surface area contributed by atoms with Crippen molar-refractivity contribution in [3.8, 4) is 0 Å². The van der Waals surface area contributed by atoms with Gasteiger partial charge in [0.15, 0.2) is 0 Å². The van der Waals surface area contributed by atoms with E-state index in [0.29, 0.717) is 6.42 Å². The van der Waals surface area contributed by atoms with Gasteiger partial charge in [0.1, 0.15) is 5.76 Å². The number of aliphatic hydroxyl groups is 1. The van der Waals surface area contributed by atoms with Crippen molar-refractivity contribution in [1.82, 2.24) is 10.1 Å². The van der Waals surface area contributed by atoms with E-state index in [4.69, 9.17) is 14.4 Å². The molecule has 22 heavy (non-hydrogen) atoms. The minimum absolute atomic E-state index is 0.109. The van der Waals surface area contributed by atoms with Crippen molar-refractivity contribution >= 4 is 0 Å². The molecule has 0 atom stereocenters. The summed E-state index contributed by atoms with van der Waals surface area (Å²) in [7, 11) is 0. The van der Waals surface area contributed by atoms with Crippen LogP contribution < -0.4 is 0 Å². The molecule has 0 spiro atoms. The third kappa shape index (κ3) is 3.21. The lowest BCUT2D eigenvalue weighted by Crippen LogP contribution is -2.64. The molecule has 2 heterocycles. The highest BCUT2D eigenvalue weighted by atomic mass is 16.5. The van der Waals surface area contributed by atoms with Crippen LogP contribution in [0.2, 0.25) is 0 Å². The van der Waals surface area contributed by atoms with Gasteiger partial charge >= 0.3 is 0 Å². The summed E-state index contributed by atoms with van der Waals surface area (Å²) in [4.78, 5) is 2.70. The van der Waals surface area contributed by atoms with Crippen LogP contribution in [0.1, 0.15) is 37.1 Å². The molecule has 122 valence electrons. The second-order valence-electron chi connectivity index (χ2n) is 7.44. The highest BCUT2D eigenvalue weighted by molar-refractivity contribution is 5.13. The Labute approximate surface area is 131 Å². The molecule has 1 N–H and O–H groups in total. The van der Waals surface area contributed by atoms with Gasteiger partial charge in [-0.15, -0.1) is 0 Å². The van der Waals surface area contributed by atoms with Gasteiger partial charge < -0.3 is 14.4 Å². The first kappa shape index (κ1) is 14.7. The van der Waals surface area contributed by atoms with Crippen LogP contribution in [-0.4, -0.2) is 53.6 Å². The summed E-state index contributed by atoms with van der Waals surface area (Å²) >= 11 is 0. The first-order chi connectivity index (χ1) is 10.8. The fraction of sp³-hybridized carbons (Fsp3) is 0.824. The van der Waals surface area contributed by atoms with Crippen molar-refractivity contribution in [2.75, 3.05) is 32.9 Å². The molecular weight excluding hydrogens is 280 g/mol. The lowest BCUT2D eigenvalue weighted by Gasteiger charge is -2.50. The van der Waals surface area contributed by atoms with Crippen LogP contribution in [0, 0.1) is 11.8 Å². The first-order valence-corrected chi connectivity index (χ1v) is 8.65. The Bertz CT molecular complexity index is 490. The lowest BCUT2D eigenvalue weighted by atomic mass is 9.88. The van der Waals surface area contributed by atoms with Crippen molar-refractivity contribution in [2.24, 2.45) is 11.8 Å². The number of aromatic nitrogens is 1. The van der Waals surface area contributed by atoms with E-state index in [-0.39, 0.29) is 12.1 Å². The molecule has 0 unspecified atom stereocenters. The van der Waals surface area contributed by atoms with Crippen LogP contribution in [0.4, 0.5) is 0 Å². The molecule has 2 aliphatic carbocycles. The van der Waals surface area contributed by atoms with E-state index < -0.39 is 0 Å². The SMILES string of the molecule is OCCc1cc(CC2(N(CC3CC3)CC3CC3)COC2)no1. The third-order valence-electron chi connectivity index (χ3n) is 5.24. The van der Waals surface area contributed by atoms with E-state index in [1.807, 2.05) is 6.07 Å². The number of hydrogen-bond donors (Lipinski definition) is 1. The van der Waals surface area contributed by atoms with Crippen molar-refractivity contribution in [3.05, 3.63) is 17.5 Å². The molecule has 5 heteroatoms. The molecule has 0 bridgehead atoms. The van der Waals surface area contributed by atoms with Crippen LogP contribution in [-0.2, 0) is 17.6 Å². The molecule has 0 radical (unpaired) electrons. The maximum atomic E-state index is 9.00. The Balaban J connectivity index is 1.46. The summed E-state index contributed by atoms with van der Waals surface area (Å²) in [6.07, 6.45) is 7.02. The van der Waals surface area contributed by atoms with Gasteiger partial charge in [-0.3, -0.25) is 4.90 Å². The summed E-state index contributed by atoms with van der Waals surface area (Å²) in [5.74, 6) is 2.58. The van der Waals surface area contributed by atoms with Gasteiger partial charge in [-0.2, -0.15) is 0 Å². The van der Waals surface area contributed by atoms with E-state index in [2.05, 4.69) is 10.1 Å². The summed E-state index contributed by atoms with van der Waals surface area (Å²) in [5.41, 5.74) is 1.13. The number of hydrogen-bond acceptors (Lipinski definition) is 5. The molecule has 4 rings (SSSR count). The lowest BCUT2D eigenvalue weighted by molar-refractivity contribution is -0.143. The summed E-state index contributed by atoms with van der Waals surface area (Å²) in [6, 6.07) is 2.00. The average Bonchev–Trinajstić information content (AvgIpc) is 3.38. The van der Waals surface area contributed by atoms with Gasteiger partial charge in [0.25, 0.3) is 0 Å². The fourth-order valence-electron chi connectivity index (χ4n) is 3.42. The molecule has 1 aliphatic heterocycles. The second kappa shape index (κ2) is 5.95. The van der Waals surface area contributed by atoms with E-state index in [9.17, 15) is 0 Å². The summed E-state index contributed by atoms with van der Waals surface area (Å²) in [6.45, 7) is 4.18. The highest BCUT2D eigenvalue weighted by Crippen LogP contribution is 2.39. The molecule has 5 nitrogen and oxygen atoms in total. The maximum absolute atomic E-state index is 9.00. The predicted octanol–water partition coefficient (Wildman–Crippen LogP) is 1.64. The Morgan fingerprint density at radius 1 is 1.18 bits per heavy atom. The molecule has 0 amide bonds. The first-order valence-electron chi connectivity index (χ1n) is 8.65. The Hall–Kier alpha value is -0.910. The van der Waals surface area contributed by atoms with Crippen molar-refractivity contribution in [2.45, 2.75) is 44.1 Å². The molecule has 2 saturated carbocycles. The second-order valence-corrected chi connectivity index (χ2v) is 7.44. The van der Waals surface area contributed by atoms with Gasteiger partial charge in [0.2, 0.25) is 0 Å². The fourth-order valence-corrected chi connectivity index (χ4v) is 3.42. The summed E-state index contributed by atoms with van der Waals surface area (Å²) in [5, 5.41) is 13.2. The number of rotatable bonds is 9. The van der Waals surface area contributed by atoms with Gasteiger partial charge in [-0.1, -0.05) is 5.16 Å².